The zero-order chi connectivity index (χ0) is 11.4. The van der Waals surface area contributed by atoms with Crippen molar-refractivity contribution in [2.45, 2.75) is 31.9 Å². The molecule has 0 aromatic carbocycles. The Bertz CT molecular complexity index is 343. The molecule has 0 spiro atoms. The Kier molecular flexibility index (Phi) is 3.74. The van der Waals surface area contributed by atoms with Gasteiger partial charge >= 0.3 is 0 Å². The van der Waals surface area contributed by atoms with E-state index in [4.69, 9.17) is 5.73 Å². The maximum absolute atomic E-state index is 9.78. The number of hydrogen-bond donors (Lipinski definition) is 2. The van der Waals surface area contributed by atoms with Gasteiger partial charge in [-0.1, -0.05) is 6.07 Å². The first-order valence-electron chi connectivity index (χ1n) is 5.88. The van der Waals surface area contributed by atoms with Crippen LogP contribution in [-0.2, 0) is 6.54 Å². The van der Waals surface area contributed by atoms with E-state index < -0.39 is 0 Å². The van der Waals surface area contributed by atoms with E-state index in [2.05, 4.69) is 9.88 Å². The Morgan fingerprint density at radius 3 is 3.19 bits per heavy atom. The molecular weight excluding hydrogens is 202 g/mol. The summed E-state index contributed by atoms with van der Waals surface area (Å²) in [5.41, 5.74) is 6.75. The van der Waals surface area contributed by atoms with Gasteiger partial charge in [-0.25, -0.2) is 4.98 Å². The van der Waals surface area contributed by atoms with Gasteiger partial charge in [0.1, 0.15) is 5.82 Å². The van der Waals surface area contributed by atoms with E-state index in [9.17, 15) is 5.11 Å². The summed E-state index contributed by atoms with van der Waals surface area (Å²) >= 11 is 0. The van der Waals surface area contributed by atoms with E-state index in [1.165, 1.54) is 0 Å². The normalized spacial score (nSPS) is 21.9. The summed E-state index contributed by atoms with van der Waals surface area (Å²) in [4.78, 5) is 6.54. The van der Waals surface area contributed by atoms with Crippen molar-refractivity contribution in [3.8, 4) is 0 Å². The molecule has 0 unspecified atom stereocenters. The summed E-state index contributed by atoms with van der Waals surface area (Å²) in [5.74, 6) is 0.936. The molecule has 1 aliphatic heterocycles. The molecule has 1 atom stereocenters. The molecule has 16 heavy (non-hydrogen) atoms. The molecule has 0 amide bonds. The zero-order valence-electron chi connectivity index (χ0n) is 9.47. The smallest absolute Gasteiger partial charge is 0.133 e. The van der Waals surface area contributed by atoms with Crippen molar-refractivity contribution in [3.63, 3.8) is 0 Å². The van der Waals surface area contributed by atoms with Crippen LogP contribution >= 0.6 is 0 Å². The molecule has 1 aromatic rings. The first-order valence-corrected chi connectivity index (χ1v) is 5.88. The molecule has 1 saturated heterocycles. The Morgan fingerprint density at radius 1 is 1.50 bits per heavy atom. The molecule has 1 aliphatic rings. The average molecular weight is 221 g/mol. The third-order valence-corrected chi connectivity index (χ3v) is 3.03. The van der Waals surface area contributed by atoms with Gasteiger partial charge in [-0.3, -0.25) is 0 Å². The molecule has 0 aliphatic carbocycles. The summed E-state index contributed by atoms with van der Waals surface area (Å²) in [7, 11) is 0. The number of aromatic nitrogens is 1. The van der Waals surface area contributed by atoms with Gasteiger partial charge in [0, 0.05) is 31.4 Å². The highest BCUT2D eigenvalue weighted by atomic mass is 16.3. The van der Waals surface area contributed by atoms with Crippen LogP contribution in [0.5, 0.6) is 0 Å². The molecule has 1 fully saturated rings. The largest absolute Gasteiger partial charge is 0.391 e. The minimum Gasteiger partial charge on any atom is -0.391 e. The number of anilines is 1. The highest BCUT2D eigenvalue weighted by Gasteiger charge is 2.18. The quantitative estimate of drug-likeness (QED) is 0.778. The van der Waals surface area contributed by atoms with Gasteiger partial charge in [-0.05, 0) is 25.3 Å². The Labute approximate surface area is 96.1 Å². The minimum absolute atomic E-state index is 0.241. The molecule has 1 aromatic heterocycles. The molecule has 0 radical (unpaired) electrons. The third kappa shape index (κ3) is 2.51. The number of nitrogens with zero attached hydrogens (tertiary/aromatic N) is 2. The maximum atomic E-state index is 9.78. The fourth-order valence-electron chi connectivity index (χ4n) is 2.19. The van der Waals surface area contributed by atoms with Crippen molar-refractivity contribution in [2.75, 3.05) is 18.0 Å². The van der Waals surface area contributed by atoms with E-state index >= 15 is 0 Å². The molecule has 2 heterocycles. The number of aliphatic hydroxyl groups excluding tert-OH is 1. The van der Waals surface area contributed by atoms with Crippen LogP contribution in [-0.4, -0.2) is 29.3 Å². The van der Waals surface area contributed by atoms with Crippen molar-refractivity contribution < 1.29 is 5.11 Å². The molecular formula is C12H19N3O. The van der Waals surface area contributed by atoms with E-state index in [-0.39, 0.29) is 6.10 Å². The summed E-state index contributed by atoms with van der Waals surface area (Å²) in [6, 6.07) is 3.90. The van der Waals surface area contributed by atoms with Crippen LogP contribution in [0.25, 0.3) is 0 Å². The second-order valence-electron chi connectivity index (χ2n) is 4.29. The van der Waals surface area contributed by atoms with Gasteiger partial charge in [0.2, 0.25) is 0 Å². The van der Waals surface area contributed by atoms with E-state index in [0.717, 1.165) is 37.2 Å². The molecule has 88 valence electrons. The second kappa shape index (κ2) is 5.27. The number of rotatable bonds is 2. The Morgan fingerprint density at radius 2 is 2.38 bits per heavy atom. The van der Waals surface area contributed by atoms with Crippen LogP contribution < -0.4 is 10.6 Å². The lowest BCUT2D eigenvalue weighted by Gasteiger charge is -2.25. The average Bonchev–Trinajstić information content (AvgIpc) is 2.54. The van der Waals surface area contributed by atoms with Crippen LogP contribution in [0.15, 0.2) is 18.3 Å². The zero-order valence-corrected chi connectivity index (χ0v) is 9.47. The second-order valence-corrected chi connectivity index (χ2v) is 4.29. The SMILES string of the molecule is NCc1cccnc1N1CCCC[C@@H](O)C1. The maximum Gasteiger partial charge on any atom is 0.133 e. The molecule has 0 bridgehead atoms. The van der Waals surface area contributed by atoms with Gasteiger partial charge in [0.05, 0.1) is 6.10 Å². The Hall–Kier alpha value is -1.13. The van der Waals surface area contributed by atoms with Crippen molar-refractivity contribution in [3.05, 3.63) is 23.9 Å². The van der Waals surface area contributed by atoms with Crippen molar-refractivity contribution >= 4 is 5.82 Å². The lowest BCUT2D eigenvalue weighted by atomic mass is 10.2. The number of pyridine rings is 1. The van der Waals surface area contributed by atoms with Crippen LogP contribution in [0.3, 0.4) is 0 Å². The van der Waals surface area contributed by atoms with Crippen LogP contribution in [0, 0.1) is 0 Å². The summed E-state index contributed by atoms with van der Waals surface area (Å²) < 4.78 is 0. The summed E-state index contributed by atoms with van der Waals surface area (Å²) in [6.45, 7) is 2.13. The van der Waals surface area contributed by atoms with Gasteiger partial charge in [0.15, 0.2) is 0 Å². The number of β-amino-alcohol motifs (C(OH)–C–C–N with tert-alkyl or cyclic N) is 1. The van der Waals surface area contributed by atoms with Gasteiger partial charge in [-0.2, -0.15) is 0 Å². The minimum atomic E-state index is -0.241. The van der Waals surface area contributed by atoms with E-state index in [1.54, 1.807) is 6.20 Å². The molecule has 4 nitrogen and oxygen atoms in total. The number of nitrogens with two attached hydrogens (primary N) is 1. The van der Waals surface area contributed by atoms with Crippen molar-refractivity contribution in [1.29, 1.82) is 0 Å². The molecule has 3 N–H and O–H groups in total. The fraction of sp³-hybridized carbons (Fsp3) is 0.583. The van der Waals surface area contributed by atoms with Crippen LogP contribution in [0.2, 0.25) is 0 Å². The standard InChI is InChI=1S/C12H19N3O/c13-8-10-4-3-6-14-12(10)15-7-2-1-5-11(16)9-15/h3-4,6,11,16H,1-2,5,7-9,13H2/t11-/m1/s1. The van der Waals surface area contributed by atoms with Crippen molar-refractivity contribution in [2.24, 2.45) is 5.73 Å². The summed E-state index contributed by atoms with van der Waals surface area (Å²) in [6.07, 6.45) is 4.63. The predicted molar refractivity (Wildman–Crippen MR) is 64.2 cm³/mol. The lowest BCUT2D eigenvalue weighted by Crippen LogP contribution is -2.32. The fourth-order valence-corrected chi connectivity index (χ4v) is 2.19. The number of hydrogen-bond acceptors (Lipinski definition) is 4. The van der Waals surface area contributed by atoms with E-state index in [1.807, 2.05) is 12.1 Å². The molecule has 0 saturated carbocycles. The van der Waals surface area contributed by atoms with E-state index in [0.29, 0.717) is 13.1 Å². The summed E-state index contributed by atoms with van der Waals surface area (Å²) in [5, 5.41) is 9.78. The van der Waals surface area contributed by atoms with Gasteiger partial charge in [0.25, 0.3) is 0 Å². The van der Waals surface area contributed by atoms with Crippen molar-refractivity contribution in [1.82, 2.24) is 4.98 Å². The van der Waals surface area contributed by atoms with Gasteiger partial charge in [-0.15, -0.1) is 0 Å². The first-order chi connectivity index (χ1) is 7.81. The van der Waals surface area contributed by atoms with Crippen LogP contribution in [0.1, 0.15) is 24.8 Å². The number of aliphatic hydroxyl groups is 1. The molecule has 2 rings (SSSR count). The monoisotopic (exact) mass is 221 g/mol. The molecule has 4 heteroatoms. The topological polar surface area (TPSA) is 62.4 Å². The van der Waals surface area contributed by atoms with Crippen LogP contribution in [0.4, 0.5) is 5.82 Å². The first kappa shape index (κ1) is 11.4. The van der Waals surface area contributed by atoms with Gasteiger partial charge < -0.3 is 15.7 Å². The Balaban J connectivity index is 2.20. The highest BCUT2D eigenvalue weighted by molar-refractivity contribution is 5.46. The highest BCUT2D eigenvalue weighted by Crippen LogP contribution is 2.20. The lowest BCUT2D eigenvalue weighted by molar-refractivity contribution is 0.174. The predicted octanol–water partition coefficient (Wildman–Crippen LogP) is 0.891. The third-order valence-electron chi connectivity index (χ3n) is 3.03.